The van der Waals surface area contributed by atoms with Gasteiger partial charge in [-0.2, -0.15) is 0 Å². The lowest BCUT2D eigenvalue weighted by molar-refractivity contribution is -0.00977. The quantitative estimate of drug-likeness (QED) is 0.338. The van der Waals surface area contributed by atoms with Gasteiger partial charge in [0.25, 0.3) is 0 Å². The van der Waals surface area contributed by atoms with Gasteiger partial charge in [-0.15, -0.1) is 12.4 Å². The Hall–Kier alpha value is 0.0900. The molecule has 1 heterocycles. The van der Waals surface area contributed by atoms with Crippen LogP contribution in [0.2, 0.25) is 0 Å². The Morgan fingerprint density at radius 2 is 2.00 bits per heavy atom. The lowest BCUT2D eigenvalue weighted by atomic mass is 10.1. The van der Waals surface area contributed by atoms with E-state index in [1.807, 2.05) is 0 Å². The molecule has 6 heteroatoms. The van der Waals surface area contributed by atoms with Crippen molar-refractivity contribution in [1.82, 2.24) is 5.32 Å². The van der Waals surface area contributed by atoms with Crippen LogP contribution in [0.3, 0.4) is 0 Å². The molecule has 1 fully saturated rings. The molecule has 1 aliphatic heterocycles. The largest absolute Gasteiger partial charge is 0.394 e. The maximum atomic E-state index is 9.18. The van der Waals surface area contributed by atoms with Gasteiger partial charge in [0, 0.05) is 6.54 Å². The molecule has 1 rings (SSSR count). The molecule has 1 aliphatic rings. The molecule has 5 N–H and O–H groups in total. The van der Waals surface area contributed by atoms with Gasteiger partial charge >= 0.3 is 0 Å². The first-order valence-corrected chi connectivity index (χ1v) is 3.55. The Morgan fingerprint density at radius 3 is 2.33 bits per heavy atom. The zero-order chi connectivity index (χ0) is 8.43. The average molecular weight is 200 g/mol. The lowest BCUT2D eigenvalue weighted by Gasteiger charge is -2.19. The Bertz CT molecular complexity index is 137. The van der Waals surface area contributed by atoms with Crippen molar-refractivity contribution >= 4 is 12.4 Å². The third-order valence-electron chi connectivity index (χ3n) is 1.93. The molecular weight excluding hydrogens is 186 g/mol. The third-order valence-corrected chi connectivity index (χ3v) is 1.93. The summed E-state index contributed by atoms with van der Waals surface area (Å²) in [5.74, 6) is 0. The van der Waals surface area contributed by atoms with E-state index in [1.165, 1.54) is 0 Å². The summed E-state index contributed by atoms with van der Waals surface area (Å²) in [5, 5.41) is 38.5. The van der Waals surface area contributed by atoms with E-state index in [2.05, 4.69) is 5.32 Å². The van der Waals surface area contributed by atoms with E-state index in [1.54, 1.807) is 0 Å². The van der Waals surface area contributed by atoms with E-state index in [-0.39, 0.29) is 19.0 Å². The fourth-order valence-electron chi connectivity index (χ4n) is 1.21. The Kier molecular flexibility index (Phi) is 5.00. The summed E-state index contributed by atoms with van der Waals surface area (Å²) in [4.78, 5) is 0. The minimum Gasteiger partial charge on any atom is -0.394 e. The second-order valence-corrected chi connectivity index (χ2v) is 2.74. The molecule has 0 aromatic carbocycles. The second-order valence-electron chi connectivity index (χ2n) is 2.74. The third kappa shape index (κ3) is 2.29. The van der Waals surface area contributed by atoms with E-state index in [4.69, 9.17) is 15.3 Å². The summed E-state index contributed by atoms with van der Waals surface area (Å²) >= 11 is 0. The van der Waals surface area contributed by atoms with Crippen molar-refractivity contribution in [3.63, 3.8) is 0 Å². The number of β-amino-alcohol motifs (C(OH)–C–C–N with tert-alkyl or cyclic N) is 1. The van der Waals surface area contributed by atoms with Crippen LogP contribution in [0.25, 0.3) is 0 Å². The summed E-state index contributed by atoms with van der Waals surface area (Å²) in [6.45, 7) is -0.162. The topological polar surface area (TPSA) is 93.0 Å². The smallest absolute Gasteiger partial charge is 0.0990 e. The highest BCUT2D eigenvalue weighted by Gasteiger charge is 2.36. The van der Waals surface area contributed by atoms with Crippen molar-refractivity contribution in [2.45, 2.75) is 24.4 Å². The monoisotopic (exact) mass is 199 g/mol. The summed E-state index contributed by atoms with van der Waals surface area (Å²) in [6.07, 6.45) is -2.85. The minimum atomic E-state index is -1.01. The number of halogens is 1. The van der Waals surface area contributed by atoms with Crippen molar-refractivity contribution < 1.29 is 20.4 Å². The van der Waals surface area contributed by atoms with E-state index in [0.717, 1.165) is 0 Å². The highest BCUT2D eigenvalue weighted by atomic mass is 35.5. The summed E-state index contributed by atoms with van der Waals surface area (Å²) in [7, 11) is 0. The van der Waals surface area contributed by atoms with Gasteiger partial charge in [0.05, 0.1) is 31.0 Å². The van der Waals surface area contributed by atoms with Gasteiger partial charge < -0.3 is 25.7 Å². The van der Waals surface area contributed by atoms with Crippen LogP contribution in [0.4, 0.5) is 0 Å². The van der Waals surface area contributed by atoms with Crippen LogP contribution in [-0.4, -0.2) is 57.9 Å². The zero-order valence-electron chi connectivity index (χ0n) is 6.42. The number of hydrogen-bond donors (Lipinski definition) is 5. The molecule has 5 nitrogen and oxygen atoms in total. The first kappa shape index (κ1) is 12.1. The Labute approximate surface area is 76.4 Å². The number of aliphatic hydroxyl groups excluding tert-OH is 4. The van der Waals surface area contributed by atoms with Crippen molar-refractivity contribution in [1.29, 1.82) is 0 Å². The number of hydrogen-bond acceptors (Lipinski definition) is 5. The molecule has 0 aromatic rings. The average Bonchev–Trinajstić information content (AvgIpc) is 2.32. The van der Waals surface area contributed by atoms with Crippen LogP contribution < -0.4 is 5.32 Å². The van der Waals surface area contributed by atoms with Crippen LogP contribution in [0.5, 0.6) is 0 Å². The van der Waals surface area contributed by atoms with E-state index in [9.17, 15) is 5.11 Å². The van der Waals surface area contributed by atoms with Crippen molar-refractivity contribution in [2.24, 2.45) is 0 Å². The number of aliphatic hydroxyl groups is 4. The van der Waals surface area contributed by atoms with Gasteiger partial charge in [-0.05, 0) is 0 Å². The van der Waals surface area contributed by atoms with E-state index < -0.39 is 31.0 Å². The van der Waals surface area contributed by atoms with Gasteiger partial charge in [-0.1, -0.05) is 0 Å². The maximum absolute atomic E-state index is 9.18. The molecule has 4 atom stereocenters. The van der Waals surface area contributed by atoms with E-state index in [0.29, 0.717) is 0 Å². The SMILES string of the molecule is Cl.OC[C@@H](O)[C@@H]1NC[C@@H](O)[C@H]1O. The summed E-state index contributed by atoms with van der Waals surface area (Å²) < 4.78 is 0. The lowest BCUT2D eigenvalue weighted by Crippen LogP contribution is -2.44. The molecule has 74 valence electrons. The molecule has 12 heavy (non-hydrogen) atoms. The van der Waals surface area contributed by atoms with Crippen molar-refractivity contribution in [3.8, 4) is 0 Å². The predicted molar refractivity (Wildman–Crippen MR) is 44.1 cm³/mol. The maximum Gasteiger partial charge on any atom is 0.0990 e. The zero-order valence-corrected chi connectivity index (χ0v) is 7.24. The summed E-state index contributed by atoms with van der Waals surface area (Å²) in [6, 6.07) is -0.616. The molecule has 0 unspecified atom stereocenters. The molecule has 0 bridgehead atoms. The van der Waals surface area contributed by atoms with Crippen LogP contribution in [-0.2, 0) is 0 Å². The van der Waals surface area contributed by atoms with Crippen LogP contribution in [0.1, 0.15) is 0 Å². The fourth-order valence-corrected chi connectivity index (χ4v) is 1.21. The van der Waals surface area contributed by atoms with Crippen LogP contribution >= 0.6 is 12.4 Å². The normalized spacial score (nSPS) is 37.5. The first-order valence-electron chi connectivity index (χ1n) is 3.55. The second kappa shape index (κ2) is 4.96. The highest BCUT2D eigenvalue weighted by molar-refractivity contribution is 5.85. The Morgan fingerprint density at radius 1 is 1.42 bits per heavy atom. The first-order chi connectivity index (χ1) is 5.16. The fraction of sp³-hybridized carbons (Fsp3) is 1.00. The Balaban J connectivity index is 0.00000121. The number of nitrogens with one attached hydrogen (secondary N) is 1. The molecule has 1 saturated heterocycles. The van der Waals surface area contributed by atoms with Crippen molar-refractivity contribution in [3.05, 3.63) is 0 Å². The molecule has 0 saturated carbocycles. The summed E-state index contributed by atoms with van der Waals surface area (Å²) in [5.41, 5.74) is 0. The predicted octanol–water partition coefficient (Wildman–Crippen LogP) is -2.54. The standard InChI is InChI=1S/C6H13NO4.ClH/c8-2-4(10)5-6(11)3(9)1-7-5;/h3-11H,1-2H2;1H/t3-,4-,5+,6-;/m1./s1. The van der Waals surface area contributed by atoms with Crippen LogP contribution in [0.15, 0.2) is 0 Å². The molecule has 0 spiro atoms. The van der Waals surface area contributed by atoms with Gasteiger partial charge in [0.15, 0.2) is 0 Å². The van der Waals surface area contributed by atoms with Gasteiger partial charge in [-0.25, -0.2) is 0 Å². The number of rotatable bonds is 2. The minimum absolute atomic E-state index is 0. The molecule has 0 aliphatic carbocycles. The van der Waals surface area contributed by atoms with Crippen molar-refractivity contribution in [2.75, 3.05) is 13.2 Å². The molecule has 0 amide bonds. The highest BCUT2D eigenvalue weighted by Crippen LogP contribution is 2.10. The van der Waals surface area contributed by atoms with E-state index >= 15 is 0 Å². The molecular formula is C6H14ClNO4. The van der Waals surface area contributed by atoms with Gasteiger partial charge in [0.1, 0.15) is 0 Å². The van der Waals surface area contributed by atoms with Crippen LogP contribution in [0, 0.1) is 0 Å². The molecule has 0 radical (unpaired) electrons. The van der Waals surface area contributed by atoms with Gasteiger partial charge in [0.2, 0.25) is 0 Å². The molecule has 0 aromatic heterocycles. The van der Waals surface area contributed by atoms with Gasteiger partial charge in [-0.3, -0.25) is 0 Å².